The van der Waals surface area contributed by atoms with E-state index in [0.717, 1.165) is 38.0 Å². The van der Waals surface area contributed by atoms with Gasteiger partial charge >= 0.3 is 0 Å². The second-order valence-corrected chi connectivity index (χ2v) is 6.95. The van der Waals surface area contributed by atoms with Gasteiger partial charge in [0, 0.05) is 24.6 Å². The van der Waals surface area contributed by atoms with Crippen molar-refractivity contribution >= 4 is 0 Å². The van der Waals surface area contributed by atoms with Crippen molar-refractivity contribution in [3.05, 3.63) is 35.5 Å². The van der Waals surface area contributed by atoms with Gasteiger partial charge in [-0.15, -0.1) is 0 Å². The van der Waals surface area contributed by atoms with Crippen molar-refractivity contribution < 1.29 is 9.15 Å². The van der Waals surface area contributed by atoms with E-state index < -0.39 is 0 Å². The zero-order valence-electron chi connectivity index (χ0n) is 12.7. The van der Waals surface area contributed by atoms with Gasteiger partial charge < -0.3 is 14.5 Å². The molecule has 1 N–H and O–H groups in total. The molecular weight excluding hydrogens is 250 g/mol. The molecule has 1 aliphatic heterocycles. The first kappa shape index (κ1) is 13.7. The first-order valence-electron chi connectivity index (χ1n) is 7.66. The molecule has 20 heavy (non-hydrogen) atoms. The number of allylic oxidation sites excluding steroid dienone is 1. The Labute approximate surface area is 121 Å². The third kappa shape index (κ3) is 2.93. The zero-order chi connectivity index (χ0) is 14.2. The van der Waals surface area contributed by atoms with Crippen LogP contribution < -0.4 is 5.32 Å². The molecule has 2 atom stereocenters. The summed E-state index contributed by atoms with van der Waals surface area (Å²) in [6.45, 7) is 7.59. The summed E-state index contributed by atoms with van der Waals surface area (Å²) in [6, 6.07) is 2.59. The lowest BCUT2D eigenvalue weighted by Crippen LogP contribution is -2.37. The lowest BCUT2D eigenvalue weighted by atomic mass is 9.74. The Morgan fingerprint density at radius 3 is 3.00 bits per heavy atom. The second-order valence-electron chi connectivity index (χ2n) is 6.95. The molecule has 0 amide bonds. The Hall–Kier alpha value is -1.22. The number of hydrogen-bond donors (Lipinski definition) is 1. The quantitative estimate of drug-likeness (QED) is 0.909. The van der Waals surface area contributed by atoms with Crippen molar-refractivity contribution in [2.24, 2.45) is 5.41 Å². The minimum Gasteiger partial charge on any atom is -0.497 e. The largest absolute Gasteiger partial charge is 0.497 e. The highest BCUT2D eigenvalue weighted by molar-refractivity contribution is 5.29. The van der Waals surface area contributed by atoms with Crippen molar-refractivity contribution in [3.63, 3.8) is 0 Å². The molecule has 1 aromatic rings. The van der Waals surface area contributed by atoms with E-state index in [1.165, 1.54) is 11.3 Å². The summed E-state index contributed by atoms with van der Waals surface area (Å²) in [5, 5.41) is 3.70. The molecule has 0 bridgehead atoms. The molecule has 3 heteroatoms. The number of furan rings is 1. The van der Waals surface area contributed by atoms with Crippen LogP contribution in [0.5, 0.6) is 0 Å². The molecule has 2 aliphatic rings. The van der Waals surface area contributed by atoms with Crippen molar-refractivity contribution in [2.45, 2.75) is 58.6 Å². The van der Waals surface area contributed by atoms with Crippen LogP contribution in [-0.4, -0.2) is 12.6 Å². The highest BCUT2D eigenvalue weighted by atomic mass is 16.5. The maximum Gasteiger partial charge on any atom is 0.110 e. The maximum absolute atomic E-state index is 5.88. The van der Waals surface area contributed by atoms with Gasteiger partial charge in [0.05, 0.1) is 6.26 Å². The van der Waals surface area contributed by atoms with Crippen LogP contribution in [0.15, 0.2) is 22.8 Å². The molecule has 1 aromatic heterocycles. The third-order valence-corrected chi connectivity index (χ3v) is 4.35. The summed E-state index contributed by atoms with van der Waals surface area (Å²) >= 11 is 0. The summed E-state index contributed by atoms with van der Waals surface area (Å²) in [5.41, 5.74) is 1.65. The van der Waals surface area contributed by atoms with Crippen LogP contribution in [0.2, 0.25) is 0 Å². The Balaban J connectivity index is 1.70. The van der Waals surface area contributed by atoms with Gasteiger partial charge in [0.25, 0.3) is 0 Å². The van der Waals surface area contributed by atoms with Crippen molar-refractivity contribution in [1.82, 2.24) is 5.32 Å². The van der Waals surface area contributed by atoms with E-state index in [1.807, 2.05) is 13.2 Å². The summed E-state index contributed by atoms with van der Waals surface area (Å²) < 4.78 is 11.5. The highest BCUT2D eigenvalue weighted by Gasteiger charge is 2.34. The van der Waals surface area contributed by atoms with E-state index in [1.54, 1.807) is 0 Å². The van der Waals surface area contributed by atoms with Crippen LogP contribution in [0.3, 0.4) is 0 Å². The number of hydrogen-bond acceptors (Lipinski definition) is 3. The highest BCUT2D eigenvalue weighted by Crippen LogP contribution is 2.42. The number of nitrogens with one attached hydrogen (secondary N) is 1. The number of rotatable bonds is 3. The van der Waals surface area contributed by atoms with Gasteiger partial charge in [-0.3, -0.25) is 0 Å². The monoisotopic (exact) mass is 275 g/mol. The van der Waals surface area contributed by atoms with Crippen molar-refractivity contribution in [2.75, 3.05) is 6.54 Å². The molecule has 110 valence electrons. The van der Waals surface area contributed by atoms with Crippen LogP contribution in [0.25, 0.3) is 0 Å². The molecule has 2 unspecified atom stereocenters. The van der Waals surface area contributed by atoms with Gasteiger partial charge in [-0.25, -0.2) is 0 Å². The molecule has 0 radical (unpaired) electrons. The van der Waals surface area contributed by atoms with Gasteiger partial charge in [-0.1, -0.05) is 13.8 Å². The predicted octanol–water partition coefficient (Wildman–Crippen LogP) is 3.88. The third-order valence-electron chi connectivity index (χ3n) is 4.35. The predicted molar refractivity (Wildman–Crippen MR) is 79.5 cm³/mol. The van der Waals surface area contributed by atoms with Gasteiger partial charge in [0.1, 0.15) is 17.6 Å². The Kier molecular flexibility index (Phi) is 3.63. The van der Waals surface area contributed by atoms with Gasteiger partial charge in [0.2, 0.25) is 0 Å². The fourth-order valence-corrected chi connectivity index (χ4v) is 3.38. The molecule has 0 spiro atoms. The van der Waals surface area contributed by atoms with Crippen LogP contribution in [0, 0.1) is 12.3 Å². The summed E-state index contributed by atoms with van der Waals surface area (Å²) in [4.78, 5) is 0. The second kappa shape index (κ2) is 5.28. The van der Waals surface area contributed by atoms with Crippen LogP contribution in [0.4, 0.5) is 0 Å². The van der Waals surface area contributed by atoms with Crippen molar-refractivity contribution in [3.8, 4) is 0 Å². The SMILES string of the molecule is Cc1cc2c(o1)CC(C)(C)CC2NCC1CCC=CO1. The van der Waals surface area contributed by atoms with E-state index in [9.17, 15) is 0 Å². The lowest BCUT2D eigenvalue weighted by Gasteiger charge is -2.35. The molecule has 3 rings (SSSR count). The Morgan fingerprint density at radius 1 is 1.40 bits per heavy atom. The standard InChI is InChI=1S/C17H25NO2/c1-12-8-14-15(9-17(2,3)10-16(14)20-12)18-11-13-6-4-5-7-19-13/h5,7-8,13,15,18H,4,6,9-11H2,1-3H3. The summed E-state index contributed by atoms with van der Waals surface area (Å²) in [7, 11) is 0. The van der Waals surface area contributed by atoms with E-state index in [4.69, 9.17) is 9.15 Å². The fraction of sp³-hybridized carbons (Fsp3) is 0.647. The number of aryl methyl sites for hydroxylation is 1. The van der Waals surface area contributed by atoms with Crippen molar-refractivity contribution in [1.29, 1.82) is 0 Å². The number of fused-ring (bicyclic) bond motifs is 1. The Bertz CT molecular complexity index is 501. The zero-order valence-corrected chi connectivity index (χ0v) is 12.7. The molecule has 0 saturated carbocycles. The van der Waals surface area contributed by atoms with Crippen LogP contribution >= 0.6 is 0 Å². The smallest absolute Gasteiger partial charge is 0.110 e. The molecule has 3 nitrogen and oxygen atoms in total. The van der Waals surface area contributed by atoms with E-state index in [-0.39, 0.29) is 0 Å². The first-order valence-corrected chi connectivity index (χ1v) is 7.66. The minimum absolute atomic E-state index is 0.294. The van der Waals surface area contributed by atoms with Gasteiger partial charge in [-0.05, 0) is 43.7 Å². The average Bonchev–Trinajstić information content (AvgIpc) is 2.76. The molecular formula is C17H25NO2. The van der Waals surface area contributed by atoms with E-state index in [0.29, 0.717) is 17.6 Å². The lowest BCUT2D eigenvalue weighted by molar-refractivity contribution is 0.114. The molecule has 0 saturated heterocycles. The Morgan fingerprint density at radius 2 is 2.25 bits per heavy atom. The number of ether oxygens (including phenoxy) is 1. The normalized spacial score (nSPS) is 27.9. The summed E-state index contributed by atoms with van der Waals surface area (Å²) in [5.74, 6) is 2.19. The first-order chi connectivity index (χ1) is 9.53. The maximum atomic E-state index is 5.88. The summed E-state index contributed by atoms with van der Waals surface area (Å²) in [6.07, 6.45) is 8.67. The molecule has 1 aliphatic carbocycles. The van der Waals surface area contributed by atoms with Crippen LogP contribution in [-0.2, 0) is 11.2 Å². The van der Waals surface area contributed by atoms with E-state index in [2.05, 4.69) is 31.3 Å². The molecule has 2 heterocycles. The minimum atomic E-state index is 0.294. The average molecular weight is 275 g/mol. The van der Waals surface area contributed by atoms with Gasteiger partial charge in [0.15, 0.2) is 0 Å². The topological polar surface area (TPSA) is 34.4 Å². The molecule has 0 aromatic carbocycles. The molecule has 0 fully saturated rings. The van der Waals surface area contributed by atoms with Gasteiger partial charge in [-0.2, -0.15) is 0 Å². The van der Waals surface area contributed by atoms with Crippen LogP contribution in [0.1, 0.15) is 56.2 Å². The fourth-order valence-electron chi connectivity index (χ4n) is 3.38. The van der Waals surface area contributed by atoms with E-state index >= 15 is 0 Å².